The fourth-order valence-electron chi connectivity index (χ4n) is 2.02. The lowest BCUT2D eigenvalue weighted by Gasteiger charge is -2.23. The number of ether oxygens (including phenoxy) is 2. The molecule has 0 amide bonds. The highest BCUT2D eigenvalue weighted by molar-refractivity contribution is 7.10. The summed E-state index contributed by atoms with van der Waals surface area (Å²) in [6, 6.07) is 4.03. The summed E-state index contributed by atoms with van der Waals surface area (Å²) in [5.74, 6) is -0.199. The Morgan fingerprint density at radius 1 is 1.68 bits per heavy atom. The van der Waals surface area contributed by atoms with Gasteiger partial charge in [-0.05, 0) is 30.4 Å². The van der Waals surface area contributed by atoms with Gasteiger partial charge >= 0.3 is 5.97 Å². The van der Waals surface area contributed by atoms with Gasteiger partial charge in [0.25, 0.3) is 0 Å². The third-order valence-electron chi connectivity index (χ3n) is 3.10. The molecule has 0 fully saturated rings. The van der Waals surface area contributed by atoms with Gasteiger partial charge in [0.2, 0.25) is 0 Å². The second kappa shape index (κ2) is 7.31. The van der Waals surface area contributed by atoms with Crippen LogP contribution in [0.2, 0.25) is 0 Å². The predicted molar refractivity (Wildman–Crippen MR) is 74.9 cm³/mol. The van der Waals surface area contributed by atoms with E-state index in [4.69, 9.17) is 9.47 Å². The van der Waals surface area contributed by atoms with Crippen molar-refractivity contribution in [2.45, 2.75) is 31.4 Å². The van der Waals surface area contributed by atoms with Gasteiger partial charge in [-0.3, -0.25) is 4.79 Å². The highest BCUT2D eigenvalue weighted by Crippen LogP contribution is 2.23. The number of esters is 1. The first kappa shape index (κ1) is 14.1. The van der Waals surface area contributed by atoms with Gasteiger partial charge in [0, 0.05) is 11.4 Å². The van der Waals surface area contributed by atoms with Crippen LogP contribution in [0.15, 0.2) is 29.9 Å². The van der Waals surface area contributed by atoms with Crippen LogP contribution < -0.4 is 5.32 Å². The third-order valence-corrected chi connectivity index (χ3v) is 4.09. The minimum Gasteiger partial charge on any atom is -0.497 e. The van der Waals surface area contributed by atoms with Crippen LogP contribution in [0.5, 0.6) is 0 Å². The monoisotopic (exact) mass is 281 g/mol. The molecule has 0 saturated heterocycles. The van der Waals surface area contributed by atoms with Crippen molar-refractivity contribution in [3.63, 3.8) is 0 Å². The van der Waals surface area contributed by atoms with Crippen molar-refractivity contribution in [2.75, 3.05) is 13.7 Å². The maximum Gasteiger partial charge on any atom is 0.307 e. The van der Waals surface area contributed by atoms with Crippen LogP contribution in [-0.4, -0.2) is 25.7 Å². The molecule has 2 unspecified atom stereocenters. The molecule has 1 aromatic heterocycles. The van der Waals surface area contributed by atoms with Gasteiger partial charge in [-0.2, -0.15) is 0 Å². The van der Waals surface area contributed by atoms with E-state index in [0.717, 1.165) is 24.3 Å². The zero-order valence-electron chi connectivity index (χ0n) is 11.0. The maximum atomic E-state index is 11.5. The highest BCUT2D eigenvalue weighted by atomic mass is 32.1. The number of hydrogen-bond acceptors (Lipinski definition) is 5. The van der Waals surface area contributed by atoms with E-state index in [2.05, 4.69) is 5.32 Å². The first-order valence-corrected chi connectivity index (χ1v) is 7.31. The van der Waals surface area contributed by atoms with Gasteiger partial charge < -0.3 is 14.8 Å². The average molecular weight is 281 g/mol. The molecule has 1 N–H and O–H groups in total. The standard InChI is InChI=1S/C14H19NO3S/c1-17-14(16)9-12(13-6-4-8-19-13)15-10-11-5-2-3-7-18-11/h3-4,6-8,11-12,15H,2,5,9-10H2,1H3. The predicted octanol–water partition coefficient (Wildman–Crippen LogP) is 2.63. The molecule has 2 atom stereocenters. The third kappa shape index (κ3) is 4.36. The molecule has 0 aromatic carbocycles. The number of carbonyl (C=O) groups is 1. The fraction of sp³-hybridized carbons (Fsp3) is 0.500. The van der Waals surface area contributed by atoms with Gasteiger partial charge in [-0.1, -0.05) is 6.07 Å². The minimum absolute atomic E-state index is 0.00181. The first-order valence-electron chi connectivity index (χ1n) is 6.43. The molecule has 1 aliphatic heterocycles. The molecule has 104 valence electrons. The fourth-order valence-corrected chi connectivity index (χ4v) is 2.82. The largest absolute Gasteiger partial charge is 0.497 e. The summed E-state index contributed by atoms with van der Waals surface area (Å²) in [5.41, 5.74) is 0. The molecule has 0 saturated carbocycles. The van der Waals surface area contributed by atoms with E-state index in [1.807, 2.05) is 23.6 Å². The average Bonchev–Trinajstić information content (AvgIpc) is 2.98. The Labute approximate surface area is 117 Å². The van der Waals surface area contributed by atoms with Crippen molar-refractivity contribution in [1.29, 1.82) is 0 Å². The van der Waals surface area contributed by atoms with E-state index in [1.54, 1.807) is 17.6 Å². The van der Waals surface area contributed by atoms with Gasteiger partial charge in [0.05, 0.1) is 25.8 Å². The Hall–Kier alpha value is -1.33. The summed E-state index contributed by atoms with van der Waals surface area (Å²) in [5, 5.41) is 5.42. The molecule has 1 aromatic rings. The van der Waals surface area contributed by atoms with Crippen molar-refractivity contribution in [2.24, 2.45) is 0 Å². The Morgan fingerprint density at radius 2 is 2.58 bits per heavy atom. The summed E-state index contributed by atoms with van der Waals surface area (Å²) in [4.78, 5) is 12.6. The molecular weight excluding hydrogens is 262 g/mol. The van der Waals surface area contributed by atoms with Crippen LogP contribution in [0.3, 0.4) is 0 Å². The van der Waals surface area contributed by atoms with Crippen LogP contribution in [0.4, 0.5) is 0 Å². The van der Waals surface area contributed by atoms with Crippen molar-refractivity contribution in [1.82, 2.24) is 5.32 Å². The second-order valence-electron chi connectivity index (χ2n) is 4.46. The summed E-state index contributed by atoms with van der Waals surface area (Å²) >= 11 is 1.65. The number of allylic oxidation sites excluding steroid dienone is 1. The van der Waals surface area contributed by atoms with E-state index in [-0.39, 0.29) is 18.1 Å². The summed E-state index contributed by atoms with van der Waals surface area (Å²) in [6.45, 7) is 0.740. The number of carbonyl (C=O) groups excluding carboxylic acids is 1. The lowest BCUT2D eigenvalue weighted by Crippen LogP contribution is -2.33. The van der Waals surface area contributed by atoms with E-state index >= 15 is 0 Å². The van der Waals surface area contributed by atoms with Crippen LogP contribution in [0.25, 0.3) is 0 Å². The summed E-state index contributed by atoms with van der Waals surface area (Å²) in [7, 11) is 1.42. The van der Waals surface area contributed by atoms with Gasteiger partial charge in [-0.25, -0.2) is 0 Å². The molecule has 0 aliphatic carbocycles. The maximum absolute atomic E-state index is 11.5. The Morgan fingerprint density at radius 3 is 3.21 bits per heavy atom. The molecule has 4 nitrogen and oxygen atoms in total. The lowest BCUT2D eigenvalue weighted by molar-refractivity contribution is -0.141. The zero-order valence-corrected chi connectivity index (χ0v) is 11.8. The molecule has 5 heteroatoms. The van der Waals surface area contributed by atoms with Gasteiger partial charge in [0.15, 0.2) is 0 Å². The van der Waals surface area contributed by atoms with E-state index in [1.165, 1.54) is 7.11 Å². The second-order valence-corrected chi connectivity index (χ2v) is 5.44. The minimum atomic E-state index is -0.199. The summed E-state index contributed by atoms with van der Waals surface area (Å²) < 4.78 is 10.3. The SMILES string of the molecule is COC(=O)CC(NCC1CCC=CO1)c1cccs1. The topological polar surface area (TPSA) is 47.6 Å². The number of thiophene rings is 1. The van der Waals surface area contributed by atoms with Crippen LogP contribution in [0.1, 0.15) is 30.2 Å². The number of rotatable bonds is 6. The zero-order chi connectivity index (χ0) is 13.5. The molecular formula is C14H19NO3S. The molecule has 0 bridgehead atoms. The van der Waals surface area contributed by atoms with Crippen molar-refractivity contribution >= 4 is 17.3 Å². The highest BCUT2D eigenvalue weighted by Gasteiger charge is 2.19. The van der Waals surface area contributed by atoms with Crippen LogP contribution >= 0.6 is 11.3 Å². The van der Waals surface area contributed by atoms with E-state index in [0.29, 0.717) is 6.42 Å². The Bertz CT molecular complexity index is 416. The molecule has 0 radical (unpaired) electrons. The van der Waals surface area contributed by atoms with E-state index in [9.17, 15) is 4.79 Å². The molecule has 2 heterocycles. The number of hydrogen-bond donors (Lipinski definition) is 1. The normalized spacial score (nSPS) is 19.7. The van der Waals surface area contributed by atoms with Crippen LogP contribution in [0, 0.1) is 0 Å². The molecule has 2 rings (SSSR count). The first-order chi connectivity index (χ1) is 9.29. The Kier molecular flexibility index (Phi) is 5.42. The quantitative estimate of drug-likeness (QED) is 0.814. The molecule has 0 spiro atoms. The van der Waals surface area contributed by atoms with Gasteiger partial charge in [0.1, 0.15) is 6.10 Å². The Balaban J connectivity index is 1.90. The lowest BCUT2D eigenvalue weighted by atomic mass is 10.1. The smallest absolute Gasteiger partial charge is 0.307 e. The molecule has 19 heavy (non-hydrogen) atoms. The number of nitrogens with one attached hydrogen (secondary N) is 1. The van der Waals surface area contributed by atoms with E-state index < -0.39 is 0 Å². The number of methoxy groups -OCH3 is 1. The van der Waals surface area contributed by atoms with Crippen molar-refractivity contribution in [3.05, 3.63) is 34.7 Å². The van der Waals surface area contributed by atoms with Crippen molar-refractivity contribution in [3.8, 4) is 0 Å². The molecule has 1 aliphatic rings. The van der Waals surface area contributed by atoms with Gasteiger partial charge in [-0.15, -0.1) is 11.3 Å². The van der Waals surface area contributed by atoms with Crippen molar-refractivity contribution < 1.29 is 14.3 Å². The summed E-state index contributed by atoms with van der Waals surface area (Å²) in [6.07, 6.45) is 6.38. The van der Waals surface area contributed by atoms with Crippen LogP contribution in [-0.2, 0) is 14.3 Å².